The third-order valence-electron chi connectivity index (χ3n) is 6.53. The zero-order chi connectivity index (χ0) is 24.2. The topological polar surface area (TPSA) is 18.5 Å². The van der Waals surface area contributed by atoms with Gasteiger partial charge in [0.05, 0.1) is 13.2 Å². The van der Waals surface area contributed by atoms with Crippen molar-refractivity contribution in [2.75, 3.05) is 14.2 Å². The van der Waals surface area contributed by atoms with Gasteiger partial charge in [0.2, 0.25) is 5.82 Å². The van der Waals surface area contributed by atoms with Crippen LogP contribution in [0.25, 0.3) is 23.3 Å². The predicted molar refractivity (Wildman–Crippen MR) is 126 cm³/mol. The maximum atomic E-state index is 15.0. The SMILES string of the molecule is COc1ccc(/C=C/c2ccc(-c3ccc(C4CCC(OC)CC4)c(F)c3F)cc2)c(F)c1F. The van der Waals surface area contributed by atoms with Crippen LogP contribution in [0, 0.1) is 23.3 Å². The van der Waals surface area contributed by atoms with E-state index in [4.69, 9.17) is 9.47 Å². The largest absolute Gasteiger partial charge is 0.494 e. The molecule has 0 N–H and O–H groups in total. The maximum absolute atomic E-state index is 15.0. The molecule has 0 heterocycles. The van der Waals surface area contributed by atoms with Crippen LogP contribution in [0.3, 0.4) is 0 Å². The highest BCUT2D eigenvalue weighted by molar-refractivity contribution is 5.73. The zero-order valence-corrected chi connectivity index (χ0v) is 19.1. The molecule has 0 aliphatic heterocycles. The van der Waals surface area contributed by atoms with Crippen molar-refractivity contribution in [3.05, 3.63) is 88.5 Å². The van der Waals surface area contributed by atoms with Gasteiger partial charge in [0.15, 0.2) is 23.2 Å². The number of benzene rings is 3. The van der Waals surface area contributed by atoms with Gasteiger partial charge < -0.3 is 9.47 Å². The molecule has 1 saturated carbocycles. The Hall–Kier alpha value is -3.12. The van der Waals surface area contributed by atoms with E-state index in [-0.39, 0.29) is 28.9 Å². The second-order valence-electron chi connectivity index (χ2n) is 8.48. The van der Waals surface area contributed by atoms with Crippen LogP contribution in [0.5, 0.6) is 5.75 Å². The van der Waals surface area contributed by atoms with Crippen molar-refractivity contribution in [3.8, 4) is 16.9 Å². The molecule has 0 aromatic heterocycles. The quantitative estimate of drug-likeness (QED) is 0.271. The lowest BCUT2D eigenvalue weighted by atomic mass is 9.82. The molecule has 1 aliphatic carbocycles. The van der Waals surface area contributed by atoms with Gasteiger partial charge in [0.1, 0.15) is 0 Å². The van der Waals surface area contributed by atoms with Crippen LogP contribution >= 0.6 is 0 Å². The third kappa shape index (κ3) is 4.87. The fraction of sp³-hybridized carbons (Fsp3) is 0.286. The predicted octanol–water partition coefficient (Wildman–Crippen LogP) is 7.76. The fourth-order valence-electron chi connectivity index (χ4n) is 4.51. The summed E-state index contributed by atoms with van der Waals surface area (Å²) in [6.45, 7) is 0. The molecule has 4 rings (SSSR count). The molecule has 0 amide bonds. The van der Waals surface area contributed by atoms with E-state index in [2.05, 4.69) is 0 Å². The molecular formula is C28H26F4O2. The minimum atomic E-state index is -1.05. The number of hydrogen-bond acceptors (Lipinski definition) is 2. The van der Waals surface area contributed by atoms with Crippen molar-refractivity contribution in [1.29, 1.82) is 0 Å². The van der Waals surface area contributed by atoms with Crippen molar-refractivity contribution in [2.24, 2.45) is 0 Å². The first-order chi connectivity index (χ1) is 16.4. The minimum Gasteiger partial charge on any atom is -0.494 e. The second-order valence-corrected chi connectivity index (χ2v) is 8.48. The highest BCUT2D eigenvalue weighted by Gasteiger charge is 2.26. The Morgan fingerprint density at radius 3 is 2.06 bits per heavy atom. The van der Waals surface area contributed by atoms with Crippen molar-refractivity contribution in [2.45, 2.75) is 37.7 Å². The van der Waals surface area contributed by atoms with Crippen LogP contribution in [0.15, 0.2) is 48.5 Å². The Balaban J connectivity index is 1.51. The van der Waals surface area contributed by atoms with Gasteiger partial charge in [-0.05, 0) is 60.4 Å². The van der Waals surface area contributed by atoms with Gasteiger partial charge in [0, 0.05) is 18.2 Å². The van der Waals surface area contributed by atoms with Crippen LogP contribution < -0.4 is 4.74 Å². The summed E-state index contributed by atoms with van der Waals surface area (Å²) in [5.41, 5.74) is 1.91. The van der Waals surface area contributed by atoms with Gasteiger partial charge in [-0.2, -0.15) is 4.39 Å². The Labute approximate surface area is 196 Å². The van der Waals surface area contributed by atoms with Gasteiger partial charge in [-0.3, -0.25) is 0 Å². The summed E-state index contributed by atoms with van der Waals surface area (Å²) in [6, 6.07) is 12.8. The minimum absolute atomic E-state index is 0.00866. The summed E-state index contributed by atoms with van der Waals surface area (Å²) >= 11 is 0. The number of hydrogen-bond donors (Lipinski definition) is 0. The molecule has 34 heavy (non-hydrogen) atoms. The summed E-state index contributed by atoms with van der Waals surface area (Å²) < 4.78 is 68.0. The molecule has 0 unspecified atom stereocenters. The third-order valence-corrected chi connectivity index (χ3v) is 6.53. The van der Waals surface area contributed by atoms with Gasteiger partial charge in [0.25, 0.3) is 0 Å². The Bertz CT molecular complexity index is 1180. The smallest absolute Gasteiger partial charge is 0.201 e. The highest BCUT2D eigenvalue weighted by atomic mass is 19.2. The number of ether oxygens (including phenoxy) is 2. The lowest BCUT2D eigenvalue weighted by Crippen LogP contribution is -2.20. The summed E-state index contributed by atoms with van der Waals surface area (Å²) in [5, 5.41) is 0. The number of halogens is 4. The maximum Gasteiger partial charge on any atom is 0.201 e. The molecule has 6 heteroatoms. The van der Waals surface area contributed by atoms with Crippen molar-refractivity contribution < 1.29 is 27.0 Å². The van der Waals surface area contributed by atoms with Crippen LogP contribution in [-0.2, 0) is 4.74 Å². The average Bonchev–Trinajstić information content (AvgIpc) is 2.87. The van der Waals surface area contributed by atoms with E-state index in [0.717, 1.165) is 25.7 Å². The van der Waals surface area contributed by atoms with Gasteiger partial charge in [-0.1, -0.05) is 48.6 Å². The summed E-state index contributed by atoms with van der Waals surface area (Å²) in [5.74, 6) is -3.87. The summed E-state index contributed by atoms with van der Waals surface area (Å²) in [6.07, 6.45) is 6.47. The van der Waals surface area contributed by atoms with Crippen molar-refractivity contribution in [3.63, 3.8) is 0 Å². The van der Waals surface area contributed by atoms with E-state index in [0.29, 0.717) is 16.7 Å². The molecule has 3 aromatic carbocycles. The highest BCUT2D eigenvalue weighted by Crippen LogP contribution is 2.37. The molecule has 2 nitrogen and oxygen atoms in total. The fourth-order valence-corrected chi connectivity index (χ4v) is 4.51. The molecule has 0 bridgehead atoms. The monoisotopic (exact) mass is 470 g/mol. The lowest BCUT2D eigenvalue weighted by Gasteiger charge is -2.28. The van der Waals surface area contributed by atoms with Gasteiger partial charge >= 0.3 is 0 Å². The van der Waals surface area contributed by atoms with Crippen molar-refractivity contribution in [1.82, 2.24) is 0 Å². The molecule has 178 valence electrons. The molecule has 0 atom stereocenters. The molecule has 0 radical (unpaired) electrons. The molecule has 1 fully saturated rings. The second kappa shape index (κ2) is 10.4. The molecular weight excluding hydrogens is 444 g/mol. The van der Waals surface area contributed by atoms with E-state index in [1.165, 1.54) is 25.3 Å². The lowest BCUT2D eigenvalue weighted by molar-refractivity contribution is 0.0655. The van der Waals surface area contributed by atoms with E-state index in [1.54, 1.807) is 49.6 Å². The first kappa shape index (κ1) is 24.0. The summed E-state index contributed by atoms with van der Waals surface area (Å²) in [4.78, 5) is 0. The molecule has 0 spiro atoms. The van der Waals surface area contributed by atoms with E-state index < -0.39 is 23.3 Å². The Morgan fingerprint density at radius 2 is 1.41 bits per heavy atom. The van der Waals surface area contributed by atoms with Crippen LogP contribution in [-0.4, -0.2) is 20.3 Å². The first-order valence-corrected chi connectivity index (χ1v) is 11.2. The number of rotatable bonds is 6. The van der Waals surface area contributed by atoms with Crippen LogP contribution in [0.1, 0.15) is 48.3 Å². The Kier molecular flexibility index (Phi) is 7.37. The van der Waals surface area contributed by atoms with E-state index >= 15 is 0 Å². The normalized spacial score (nSPS) is 18.4. The van der Waals surface area contributed by atoms with Crippen LogP contribution in [0.4, 0.5) is 17.6 Å². The van der Waals surface area contributed by atoms with Gasteiger partial charge in [-0.25, -0.2) is 13.2 Å². The van der Waals surface area contributed by atoms with E-state index in [1.807, 2.05) is 0 Å². The first-order valence-electron chi connectivity index (χ1n) is 11.2. The molecule has 0 saturated heterocycles. The zero-order valence-electron chi connectivity index (χ0n) is 19.1. The summed E-state index contributed by atoms with van der Waals surface area (Å²) in [7, 11) is 2.95. The molecule has 1 aliphatic rings. The average molecular weight is 471 g/mol. The molecule has 3 aromatic rings. The van der Waals surface area contributed by atoms with Crippen LogP contribution in [0.2, 0.25) is 0 Å². The van der Waals surface area contributed by atoms with Crippen molar-refractivity contribution >= 4 is 12.2 Å². The van der Waals surface area contributed by atoms with Gasteiger partial charge in [-0.15, -0.1) is 0 Å². The number of methoxy groups -OCH3 is 2. The standard InChI is InChI=1S/C28H26F4O2/c1-33-21-12-9-19(10-13-21)23-15-14-22(26(30)27(23)31)18-6-3-17(4-7-18)5-8-20-11-16-24(34-2)28(32)25(20)29/h3-8,11,14-16,19,21H,9-10,12-13H2,1-2H3/b8-5+. The Morgan fingerprint density at radius 1 is 0.706 bits per heavy atom. The van der Waals surface area contributed by atoms with E-state index in [9.17, 15) is 17.6 Å².